The van der Waals surface area contributed by atoms with Crippen LogP contribution in [0.4, 0.5) is 4.39 Å². The minimum atomic E-state index is -0.275. The van der Waals surface area contributed by atoms with Crippen molar-refractivity contribution in [3.63, 3.8) is 0 Å². The summed E-state index contributed by atoms with van der Waals surface area (Å²) in [6, 6.07) is 9.92. The Morgan fingerprint density at radius 1 is 1.15 bits per heavy atom. The summed E-state index contributed by atoms with van der Waals surface area (Å²) >= 11 is 1.48. The number of aromatic nitrogens is 1. The lowest BCUT2D eigenvalue weighted by Gasteiger charge is -2.33. The summed E-state index contributed by atoms with van der Waals surface area (Å²) in [6.45, 7) is 3.56. The van der Waals surface area contributed by atoms with Gasteiger partial charge in [-0.1, -0.05) is 6.07 Å². The lowest BCUT2D eigenvalue weighted by Crippen LogP contribution is -2.48. The van der Waals surface area contributed by atoms with Crippen LogP contribution >= 0.6 is 11.3 Å². The normalized spacial score (nSPS) is 15.3. The summed E-state index contributed by atoms with van der Waals surface area (Å²) in [5.41, 5.74) is 0.802. The molecule has 0 saturated carbocycles. The van der Waals surface area contributed by atoms with Crippen molar-refractivity contribution >= 4 is 17.2 Å². The highest BCUT2D eigenvalue weighted by Gasteiger charge is 2.23. The van der Waals surface area contributed by atoms with Gasteiger partial charge in [-0.15, -0.1) is 11.3 Å². The molecule has 3 aromatic rings. The number of carbonyl (C=O) groups is 1. The van der Waals surface area contributed by atoms with Gasteiger partial charge in [0.05, 0.1) is 17.6 Å². The van der Waals surface area contributed by atoms with Crippen LogP contribution in [0.15, 0.2) is 52.4 Å². The van der Waals surface area contributed by atoms with Gasteiger partial charge in [-0.25, -0.2) is 9.37 Å². The van der Waals surface area contributed by atoms with Crippen LogP contribution in [0.2, 0.25) is 0 Å². The molecule has 7 heteroatoms. The van der Waals surface area contributed by atoms with Crippen LogP contribution in [0.5, 0.6) is 0 Å². The molecule has 3 heterocycles. The number of carbonyl (C=O) groups excluding carboxylic acids is 1. The molecule has 1 aliphatic rings. The minimum Gasteiger partial charge on any atom is -0.439 e. The van der Waals surface area contributed by atoms with Gasteiger partial charge in [0, 0.05) is 31.7 Å². The van der Waals surface area contributed by atoms with Gasteiger partial charge in [-0.05, 0) is 35.7 Å². The predicted octanol–water partition coefficient (Wildman–Crippen LogP) is 3.50. The number of oxazole rings is 1. The number of nitrogens with zero attached hydrogens (tertiary/aromatic N) is 3. The van der Waals surface area contributed by atoms with Crippen LogP contribution in [0.25, 0.3) is 11.3 Å². The molecule has 0 radical (unpaired) electrons. The molecule has 0 unspecified atom stereocenters. The number of piperazine rings is 1. The fourth-order valence-corrected chi connectivity index (χ4v) is 3.68. The Hall–Kier alpha value is -2.51. The number of hydrogen-bond acceptors (Lipinski definition) is 5. The van der Waals surface area contributed by atoms with Gasteiger partial charge in [0.2, 0.25) is 5.89 Å². The molecule has 1 saturated heterocycles. The van der Waals surface area contributed by atoms with Gasteiger partial charge in [0.15, 0.2) is 5.76 Å². The number of benzene rings is 1. The Labute approximate surface area is 154 Å². The van der Waals surface area contributed by atoms with E-state index in [-0.39, 0.29) is 11.7 Å². The first kappa shape index (κ1) is 16.9. The third-order valence-corrected chi connectivity index (χ3v) is 5.29. The molecule has 5 nitrogen and oxygen atoms in total. The Morgan fingerprint density at radius 2 is 1.92 bits per heavy atom. The molecule has 2 aromatic heterocycles. The van der Waals surface area contributed by atoms with E-state index in [2.05, 4.69) is 9.88 Å². The second-order valence-corrected chi connectivity index (χ2v) is 7.12. The third kappa shape index (κ3) is 3.68. The number of rotatable bonds is 4. The molecule has 0 spiro atoms. The van der Waals surface area contributed by atoms with Crippen molar-refractivity contribution in [2.45, 2.75) is 6.54 Å². The van der Waals surface area contributed by atoms with Gasteiger partial charge in [0.1, 0.15) is 5.82 Å². The molecular weight excluding hydrogens is 353 g/mol. The van der Waals surface area contributed by atoms with E-state index in [9.17, 15) is 9.18 Å². The van der Waals surface area contributed by atoms with E-state index in [0.717, 1.165) is 23.5 Å². The van der Waals surface area contributed by atoms with Gasteiger partial charge in [0.25, 0.3) is 5.91 Å². The maximum Gasteiger partial charge on any atom is 0.264 e. The highest BCUT2D eigenvalue weighted by molar-refractivity contribution is 7.12. The standard InChI is InChI=1S/C19H18FN3O2S/c20-15-5-3-14(4-6-15)16-12-21-18(25-16)13-22-7-9-23(10-8-22)19(24)17-2-1-11-26-17/h1-6,11-12H,7-10,13H2. The van der Waals surface area contributed by atoms with Crippen molar-refractivity contribution < 1.29 is 13.6 Å². The fourth-order valence-electron chi connectivity index (χ4n) is 2.99. The van der Waals surface area contributed by atoms with Gasteiger partial charge in [-0.3, -0.25) is 9.69 Å². The van der Waals surface area contributed by atoms with Gasteiger partial charge >= 0.3 is 0 Å². The van der Waals surface area contributed by atoms with Crippen LogP contribution in [0.3, 0.4) is 0 Å². The molecule has 1 amide bonds. The molecule has 0 N–H and O–H groups in total. The fraction of sp³-hybridized carbons (Fsp3) is 0.263. The Balaban J connectivity index is 1.33. The van der Waals surface area contributed by atoms with Crippen LogP contribution in [0.1, 0.15) is 15.6 Å². The smallest absolute Gasteiger partial charge is 0.264 e. The first-order valence-electron chi connectivity index (χ1n) is 8.45. The summed E-state index contributed by atoms with van der Waals surface area (Å²) in [7, 11) is 0. The van der Waals surface area contributed by atoms with Crippen molar-refractivity contribution in [3.8, 4) is 11.3 Å². The zero-order valence-electron chi connectivity index (χ0n) is 14.1. The quantitative estimate of drug-likeness (QED) is 0.704. The number of hydrogen-bond donors (Lipinski definition) is 0. The highest BCUT2D eigenvalue weighted by Crippen LogP contribution is 2.22. The molecule has 0 bridgehead atoms. The molecule has 0 aliphatic carbocycles. The Kier molecular flexibility index (Phi) is 4.81. The first-order valence-corrected chi connectivity index (χ1v) is 9.33. The predicted molar refractivity (Wildman–Crippen MR) is 97.4 cm³/mol. The largest absolute Gasteiger partial charge is 0.439 e. The second kappa shape index (κ2) is 7.39. The van der Waals surface area contributed by atoms with Crippen molar-refractivity contribution in [1.29, 1.82) is 0 Å². The number of amides is 1. The van der Waals surface area contributed by atoms with Crippen molar-refractivity contribution in [2.24, 2.45) is 0 Å². The van der Waals surface area contributed by atoms with E-state index in [1.165, 1.54) is 23.5 Å². The maximum absolute atomic E-state index is 13.0. The molecule has 26 heavy (non-hydrogen) atoms. The molecule has 134 valence electrons. The van der Waals surface area contributed by atoms with E-state index in [4.69, 9.17) is 4.42 Å². The molecule has 4 rings (SSSR count). The first-order chi connectivity index (χ1) is 12.7. The summed E-state index contributed by atoms with van der Waals surface area (Å²) in [6.07, 6.45) is 1.67. The van der Waals surface area contributed by atoms with Crippen molar-refractivity contribution in [1.82, 2.24) is 14.8 Å². The Morgan fingerprint density at radius 3 is 2.62 bits per heavy atom. The summed E-state index contributed by atoms with van der Waals surface area (Å²) < 4.78 is 18.8. The van der Waals surface area contributed by atoms with E-state index in [0.29, 0.717) is 31.3 Å². The molecular formula is C19H18FN3O2S. The summed E-state index contributed by atoms with van der Waals surface area (Å²) in [5, 5.41) is 1.92. The molecule has 0 atom stereocenters. The average molecular weight is 371 g/mol. The lowest BCUT2D eigenvalue weighted by molar-refractivity contribution is 0.0623. The van der Waals surface area contributed by atoms with Gasteiger partial charge in [-0.2, -0.15) is 0 Å². The van der Waals surface area contributed by atoms with E-state index < -0.39 is 0 Å². The SMILES string of the molecule is O=C(c1cccs1)N1CCN(Cc2ncc(-c3ccc(F)cc3)o2)CC1. The number of halogens is 1. The van der Waals surface area contributed by atoms with Crippen LogP contribution in [-0.2, 0) is 6.54 Å². The molecule has 1 aromatic carbocycles. The third-order valence-electron chi connectivity index (χ3n) is 4.43. The maximum atomic E-state index is 13.0. The monoisotopic (exact) mass is 371 g/mol. The zero-order chi connectivity index (χ0) is 17.9. The second-order valence-electron chi connectivity index (χ2n) is 6.17. The van der Waals surface area contributed by atoms with Crippen LogP contribution < -0.4 is 0 Å². The molecule has 1 aliphatic heterocycles. The number of thiophene rings is 1. The lowest BCUT2D eigenvalue weighted by atomic mass is 10.2. The van der Waals surface area contributed by atoms with Crippen LogP contribution in [-0.4, -0.2) is 46.9 Å². The zero-order valence-corrected chi connectivity index (χ0v) is 14.9. The summed E-state index contributed by atoms with van der Waals surface area (Å²) in [5.74, 6) is 1.09. The van der Waals surface area contributed by atoms with E-state index in [1.54, 1.807) is 18.3 Å². The van der Waals surface area contributed by atoms with Crippen molar-refractivity contribution in [3.05, 3.63) is 64.6 Å². The molecule has 1 fully saturated rings. The van der Waals surface area contributed by atoms with Gasteiger partial charge < -0.3 is 9.32 Å². The highest BCUT2D eigenvalue weighted by atomic mass is 32.1. The Bertz CT molecular complexity index is 869. The van der Waals surface area contributed by atoms with E-state index >= 15 is 0 Å². The van der Waals surface area contributed by atoms with Crippen molar-refractivity contribution in [2.75, 3.05) is 26.2 Å². The minimum absolute atomic E-state index is 0.106. The average Bonchev–Trinajstić information content (AvgIpc) is 3.35. The topological polar surface area (TPSA) is 49.6 Å². The van der Waals surface area contributed by atoms with Crippen LogP contribution in [0, 0.1) is 5.82 Å². The van der Waals surface area contributed by atoms with E-state index in [1.807, 2.05) is 22.4 Å². The summed E-state index contributed by atoms with van der Waals surface area (Å²) in [4.78, 5) is 21.6.